The zero-order valence-electron chi connectivity index (χ0n) is 11.1. The lowest BCUT2D eigenvalue weighted by Gasteiger charge is -2.22. The van der Waals surface area contributed by atoms with Crippen LogP contribution in [0.2, 0.25) is 0 Å². The predicted molar refractivity (Wildman–Crippen MR) is 67.2 cm³/mol. The molecule has 0 radical (unpaired) electrons. The van der Waals surface area contributed by atoms with E-state index in [4.69, 9.17) is 0 Å². The van der Waals surface area contributed by atoms with Gasteiger partial charge in [0, 0.05) is 25.6 Å². The Kier molecular flexibility index (Phi) is 5.26. The van der Waals surface area contributed by atoms with Gasteiger partial charge in [-0.05, 0) is 24.8 Å². The van der Waals surface area contributed by atoms with Crippen LogP contribution in [-0.4, -0.2) is 37.0 Å². The van der Waals surface area contributed by atoms with Gasteiger partial charge in [0.15, 0.2) is 0 Å². The van der Waals surface area contributed by atoms with Gasteiger partial charge in [0.2, 0.25) is 5.91 Å². The first-order chi connectivity index (χ1) is 7.56. The van der Waals surface area contributed by atoms with Gasteiger partial charge in [-0.1, -0.05) is 27.7 Å². The predicted octanol–water partition coefficient (Wildman–Crippen LogP) is 1.74. The van der Waals surface area contributed by atoms with Crippen LogP contribution in [0.5, 0.6) is 0 Å². The highest BCUT2D eigenvalue weighted by Crippen LogP contribution is 2.24. The zero-order chi connectivity index (χ0) is 12.1. The second-order valence-corrected chi connectivity index (χ2v) is 5.29. The first-order valence-electron chi connectivity index (χ1n) is 6.55. The number of carbonyl (C=O) groups excluding carboxylic acids is 1. The molecule has 94 valence electrons. The van der Waals surface area contributed by atoms with Gasteiger partial charge in [0.25, 0.3) is 0 Å². The summed E-state index contributed by atoms with van der Waals surface area (Å²) in [6.07, 6.45) is 1.18. The summed E-state index contributed by atoms with van der Waals surface area (Å²) in [4.78, 5) is 14.2. The number of likely N-dealkylation sites (tertiary alicyclic amines) is 1. The fourth-order valence-corrected chi connectivity index (χ4v) is 2.29. The lowest BCUT2D eigenvalue weighted by atomic mass is 9.95. The van der Waals surface area contributed by atoms with Crippen LogP contribution in [0.4, 0.5) is 0 Å². The molecule has 1 saturated heterocycles. The number of rotatable bonds is 5. The standard InChI is InChI=1S/C13H26N2O/c1-5-14-8-11(4)13(16)15-7-6-12(9-15)10(2)3/h10-12,14H,5-9H2,1-4H3. The van der Waals surface area contributed by atoms with Crippen molar-refractivity contribution in [2.24, 2.45) is 17.8 Å². The minimum Gasteiger partial charge on any atom is -0.342 e. The highest BCUT2D eigenvalue weighted by molar-refractivity contribution is 5.79. The third-order valence-electron chi connectivity index (χ3n) is 3.60. The highest BCUT2D eigenvalue weighted by atomic mass is 16.2. The van der Waals surface area contributed by atoms with E-state index in [2.05, 4.69) is 26.1 Å². The van der Waals surface area contributed by atoms with E-state index in [1.54, 1.807) is 0 Å². The second kappa shape index (κ2) is 6.24. The average Bonchev–Trinajstić information content (AvgIpc) is 2.74. The van der Waals surface area contributed by atoms with Gasteiger partial charge in [-0.15, -0.1) is 0 Å². The minimum atomic E-state index is 0.117. The Hall–Kier alpha value is -0.570. The van der Waals surface area contributed by atoms with Crippen molar-refractivity contribution in [3.63, 3.8) is 0 Å². The van der Waals surface area contributed by atoms with E-state index in [9.17, 15) is 4.79 Å². The van der Waals surface area contributed by atoms with Crippen molar-refractivity contribution in [1.29, 1.82) is 0 Å². The Balaban J connectivity index is 2.38. The van der Waals surface area contributed by atoms with Crippen molar-refractivity contribution >= 4 is 5.91 Å². The molecular weight excluding hydrogens is 200 g/mol. The van der Waals surface area contributed by atoms with E-state index >= 15 is 0 Å². The molecule has 1 aliphatic heterocycles. The zero-order valence-corrected chi connectivity index (χ0v) is 11.1. The fourth-order valence-electron chi connectivity index (χ4n) is 2.29. The molecule has 1 amide bonds. The Bertz CT molecular complexity index is 228. The molecule has 0 aromatic carbocycles. The van der Waals surface area contributed by atoms with E-state index in [-0.39, 0.29) is 5.92 Å². The van der Waals surface area contributed by atoms with Gasteiger partial charge < -0.3 is 10.2 Å². The summed E-state index contributed by atoms with van der Waals surface area (Å²) < 4.78 is 0. The molecular formula is C13H26N2O. The normalized spacial score (nSPS) is 22.8. The van der Waals surface area contributed by atoms with Crippen LogP contribution < -0.4 is 5.32 Å². The number of nitrogens with zero attached hydrogens (tertiary/aromatic N) is 1. The molecule has 2 unspecified atom stereocenters. The summed E-state index contributed by atoms with van der Waals surface area (Å²) in [5.41, 5.74) is 0. The van der Waals surface area contributed by atoms with Crippen molar-refractivity contribution in [3.05, 3.63) is 0 Å². The van der Waals surface area contributed by atoms with Crippen LogP contribution in [-0.2, 0) is 4.79 Å². The second-order valence-electron chi connectivity index (χ2n) is 5.29. The Labute approximate surface area is 99.6 Å². The molecule has 0 aromatic heterocycles. The summed E-state index contributed by atoms with van der Waals surface area (Å²) in [5.74, 6) is 1.84. The van der Waals surface area contributed by atoms with Crippen LogP contribution in [0.25, 0.3) is 0 Å². The number of hydrogen-bond acceptors (Lipinski definition) is 2. The molecule has 0 saturated carbocycles. The lowest BCUT2D eigenvalue weighted by molar-refractivity contribution is -0.133. The summed E-state index contributed by atoms with van der Waals surface area (Å²) >= 11 is 0. The molecule has 0 aromatic rings. The number of carbonyl (C=O) groups is 1. The maximum atomic E-state index is 12.1. The van der Waals surface area contributed by atoms with Crippen molar-refractivity contribution < 1.29 is 4.79 Å². The van der Waals surface area contributed by atoms with Gasteiger partial charge in [0.05, 0.1) is 0 Å². The monoisotopic (exact) mass is 226 g/mol. The fraction of sp³-hybridized carbons (Fsp3) is 0.923. The molecule has 0 aliphatic carbocycles. The summed E-state index contributed by atoms with van der Waals surface area (Å²) in [5, 5.41) is 3.24. The summed E-state index contributed by atoms with van der Waals surface area (Å²) in [7, 11) is 0. The Morgan fingerprint density at radius 2 is 2.12 bits per heavy atom. The SMILES string of the molecule is CCNCC(C)C(=O)N1CCC(C(C)C)C1. The van der Waals surface area contributed by atoms with Crippen LogP contribution in [0.15, 0.2) is 0 Å². The molecule has 0 spiro atoms. The first-order valence-corrected chi connectivity index (χ1v) is 6.55. The quantitative estimate of drug-likeness (QED) is 0.774. The molecule has 0 bridgehead atoms. The summed E-state index contributed by atoms with van der Waals surface area (Å²) in [6, 6.07) is 0. The molecule has 3 nitrogen and oxygen atoms in total. The van der Waals surface area contributed by atoms with Crippen LogP contribution >= 0.6 is 0 Å². The highest BCUT2D eigenvalue weighted by Gasteiger charge is 2.29. The van der Waals surface area contributed by atoms with Gasteiger partial charge in [-0.2, -0.15) is 0 Å². The molecule has 2 atom stereocenters. The Morgan fingerprint density at radius 1 is 1.44 bits per heavy atom. The number of nitrogens with one attached hydrogen (secondary N) is 1. The van der Waals surface area contributed by atoms with E-state index in [0.717, 1.165) is 26.2 Å². The van der Waals surface area contributed by atoms with Gasteiger partial charge in [-0.3, -0.25) is 4.79 Å². The Morgan fingerprint density at radius 3 is 2.62 bits per heavy atom. The lowest BCUT2D eigenvalue weighted by Crippen LogP contribution is -2.38. The van der Waals surface area contributed by atoms with Gasteiger partial charge in [-0.25, -0.2) is 0 Å². The molecule has 1 rings (SSSR count). The van der Waals surface area contributed by atoms with Gasteiger partial charge >= 0.3 is 0 Å². The molecule has 1 N–H and O–H groups in total. The molecule has 1 heterocycles. The molecule has 1 fully saturated rings. The average molecular weight is 226 g/mol. The molecule has 16 heavy (non-hydrogen) atoms. The maximum Gasteiger partial charge on any atom is 0.226 e. The largest absolute Gasteiger partial charge is 0.342 e. The third kappa shape index (κ3) is 3.48. The van der Waals surface area contributed by atoms with Crippen molar-refractivity contribution in [2.45, 2.75) is 34.1 Å². The van der Waals surface area contributed by atoms with Gasteiger partial charge in [0.1, 0.15) is 0 Å². The topological polar surface area (TPSA) is 32.3 Å². The smallest absolute Gasteiger partial charge is 0.226 e. The van der Waals surface area contributed by atoms with E-state index in [1.807, 2.05) is 11.8 Å². The summed E-state index contributed by atoms with van der Waals surface area (Å²) in [6.45, 7) is 12.3. The maximum absolute atomic E-state index is 12.1. The first kappa shape index (κ1) is 13.5. The molecule has 1 aliphatic rings. The number of amides is 1. The minimum absolute atomic E-state index is 0.117. The van der Waals surface area contributed by atoms with E-state index in [0.29, 0.717) is 17.7 Å². The van der Waals surface area contributed by atoms with Crippen molar-refractivity contribution in [3.8, 4) is 0 Å². The van der Waals surface area contributed by atoms with E-state index in [1.165, 1.54) is 6.42 Å². The third-order valence-corrected chi connectivity index (χ3v) is 3.60. The van der Waals surface area contributed by atoms with Crippen molar-refractivity contribution in [2.75, 3.05) is 26.2 Å². The number of hydrogen-bond donors (Lipinski definition) is 1. The molecule has 3 heteroatoms. The van der Waals surface area contributed by atoms with E-state index < -0.39 is 0 Å². The van der Waals surface area contributed by atoms with Crippen LogP contribution in [0, 0.1) is 17.8 Å². The van der Waals surface area contributed by atoms with Crippen molar-refractivity contribution in [1.82, 2.24) is 10.2 Å². The van der Waals surface area contributed by atoms with Crippen LogP contribution in [0.3, 0.4) is 0 Å². The van der Waals surface area contributed by atoms with Crippen LogP contribution in [0.1, 0.15) is 34.1 Å².